The zero-order chi connectivity index (χ0) is 15.2. The molecule has 0 amide bonds. The number of rotatable bonds is 6. The van der Waals surface area contributed by atoms with Gasteiger partial charge in [-0.15, -0.1) is 0 Å². The van der Waals surface area contributed by atoms with Crippen molar-refractivity contribution in [2.75, 3.05) is 20.3 Å². The van der Waals surface area contributed by atoms with Crippen LogP contribution in [0.3, 0.4) is 0 Å². The summed E-state index contributed by atoms with van der Waals surface area (Å²) in [5.74, 6) is 0.859. The van der Waals surface area contributed by atoms with Gasteiger partial charge in [0.25, 0.3) is 0 Å². The first-order chi connectivity index (χ1) is 10.1. The van der Waals surface area contributed by atoms with Crippen molar-refractivity contribution in [3.05, 3.63) is 41.2 Å². The number of hydrogen-bond donors (Lipinski definition) is 2. The number of methoxy groups -OCH3 is 1. The highest BCUT2D eigenvalue weighted by Gasteiger charge is 2.10. The number of phenols is 1. The summed E-state index contributed by atoms with van der Waals surface area (Å²) in [5, 5.41) is 12.9. The van der Waals surface area contributed by atoms with Crippen molar-refractivity contribution in [1.29, 1.82) is 0 Å². The molecule has 112 valence electrons. The normalized spacial score (nSPS) is 10.8. The van der Waals surface area contributed by atoms with E-state index < -0.39 is 0 Å². The summed E-state index contributed by atoms with van der Waals surface area (Å²) < 4.78 is 5.01. The molecule has 0 radical (unpaired) electrons. The molecule has 0 aliphatic carbocycles. The minimum atomic E-state index is 0.219. The Morgan fingerprint density at radius 1 is 1.19 bits per heavy atom. The Hall–Kier alpha value is -1.98. The molecule has 0 fully saturated rings. The zero-order valence-electron chi connectivity index (χ0n) is 12.7. The lowest BCUT2D eigenvalue weighted by molar-refractivity contribution is 0.199. The maximum absolute atomic E-state index is 9.56. The number of hydrogen-bond acceptors (Lipinski definition) is 5. The molecule has 1 aromatic carbocycles. The molecule has 0 bridgehead atoms. The van der Waals surface area contributed by atoms with Crippen LogP contribution in [0.15, 0.2) is 24.3 Å². The van der Waals surface area contributed by atoms with E-state index in [1.165, 1.54) is 0 Å². The van der Waals surface area contributed by atoms with Crippen LogP contribution in [-0.2, 0) is 11.3 Å². The van der Waals surface area contributed by atoms with Crippen LogP contribution < -0.4 is 5.32 Å². The molecule has 0 saturated carbocycles. The van der Waals surface area contributed by atoms with Gasteiger partial charge in [0.2, 0.25) is 0 Å². The Kier molecular flexibility index (Phi) is 5.25. The van der Waals surface area contributed by atoms with E-state index >= 15 is 0 Å². The number of nitrogens with one attached hydrogen (secondary N) is 1. The van der Waals surface area contributed by atoms with Crippen LogP contribution in [0.5, 0.6) is 5.75 Å². The number of benzene rings is 1. The molecule has 2 aromatic rings. The smallest absolute Gasteiger partial charge is 0.159 e. The van der Waals surface area contributed by atoms with Crippen molar-refractivity contribution in [3.8, 4) is 17.1 Å². The van der Waals surface area contributed by atoms with Gasteiger partial charge in [-0.25, -0.2) is 9.97 Å². The predicted molar refractivity (Wildman–Crippen MR) is 82.2 cm³/mol. The summed E-state index contributed by atoms with van der Waals surface area (Å²) >= 11 is 0. The number of ether oxygens (including phenoxy) is 1. The average molecular weight is 287 g/mol. The van der Waals surface area contributed by atoms with E-state index in [1.54, 1.807) is 25.3 Å². The van der Waals surface area contributed by atoms with Crippen molar-refractivity contribution in [2.24, 2.45) is 0 Å². The van der Waals surface area contributed by atoms with E-state index in [0.29, 0.717) is 12.4 Å². The monoisotopic (exact) mass is 287 g/mol. The maximum Gasteiger partial charge on any atom is 0.159 e. The van der Waals surface area contributed by atoms with Crippen molar-refractivity contribution in [2.45, 2.75) is 20.4 Å². The highest BCUT2D eigenvalue weighted by atomic mass is 16.5. The van der Waals surface area contributed by atoms with E-state index in [0.717, 1.165) is 35.6 Å². The van der Waals surface area contributed by atoms with Crippen LogP contribution in [0.25, 0.3) is 11.4 Å². The van der Waals surface area contributed by atoms with Crippen LogP contribution in [0.2, 0.25) is 0 Å². The van der Waals surface area contributed by atoms with Gasteiger partial charge in [0, 0.05) is 42.7 Å². The summed E-state index contributed by atoms with van der Waals surface area (Å²) in [5.41, 5.74) is 3.83. The third-order valence-electron chi connectivity index (χ3n) is 3.31. The van der Waals surface area contributed by atoms with Gasteiger partial charge in [-0.2, -0.15) is 0 Å². The fourth-order valence-corrected chi connectivity index (χ4v) is 2.16. The van der Waals surface area contributed by atoms with E-state index in [1.807, 2.05) is 19.9 Å². The Morgan fingerprint density at radius 3 is 2.52 bits per heavy atom. The van der Waals surface area contributed by atoms with Gasteiger partial charge in [-0.1, -0.05) is 12.1 Å². The van der Waals surface area contributed by atoms with E-state index in [-0.39, 0.29) is 5.75 Å². The fourth-order valence-electron chi connectivity index (χ4n) is 2.16. The Labute approximate surface area is 125 Å². The summed E-state index contributed by atoms with van der Waals surface area (Å²) in [7, 11) is 1.69. The van der Waals surface area contributed by atoms with Crippen LogP contribution in [0.4, 0.5) is 0 Å². The Bertz CT molecular complexity index is 591. The van der Waals surface area contributed by atoms with Crippen LogP contribution in [0, 0.1) is 13.8 Å². The number of nitrogens with zero attached hydrogens (tertiary/aromatic N) is 2. The average Bonchev–Trinajstić information content (AvgIpc) is 2.45. The van der Waals surface area contributed by atoms with Gasteiger partial charge in [0.05, 0.1) is 6.61 Å². The molecule has 21 heavy (non-hydrogen) atoms. The number of phenolic OH excluding ortho intramolecular Hbond substituents is 1. The summed E-state index contributed by atoms with van der Waals surface area (Å²) in [6.45, 7) is 6.16. The first-order valence-electron chi connectivity index (χ1n) is 6.95. The van der Waals surface area contributed by atoms with Gasteiger partial charge >= 0.3 is 0 Å². The highest BCUT2D eigenvalue weighted by Crippen LogP contribution is 2.22. The molecule has 2 rings (SSSR count). The minimum absolute atomic E-state index is 0.219. The molecule has 1 heterocycles. The standard InChI is InChI=1S/C16H21N3O2/c1-11-15(10-17-7-8-21-3)12(2)19-16(18-11)13-5-4-6-14(20)9-13/h4-6,9,17,20H,7-8,10H2,1-3H3. The molecule has 0 aliphatic heterocycles. The Balaban J connectivity index is 2.20. The largest absolute Gasteiger partial charge is 0.508 e. The molecule has 0 unspecified atom stereocenters. The molecule has 1 aromatic heterocycles. The summed E-state index contributed by atoms with van der Waals surface area (Å²) in [4.78, 5) is 9.10. The topological polar surface area (TPSA) is 67.3 Å². The third kappa shape index (κ3) is 4.00. The second-order valence-corrected chi connectivity index (χ2v) is 4.92. The molecule has 0 atom stereocenters. The van der Waals surface area contributed by atoms with Crippen LogP contribution in [0.1, 0.15) is 17.0 Å². The lowest BCUT2D eigenvalue weighted by Gasteiger charge is -2.12. The number of aryl methyl sites for hydroxylation is 2. The van der Waals surface area contributed by atoms with Crippen LogP contribution >= 0.6 is 0 Å². The molecular weight excluding hydrogens is 266 g/mol. The van der Waals surface area contributed by atoms with E-state index in [4.69, 9.17) is 4.74 Å². The number of aromatic hydroxyl groups is 1. The lowest BCUT2D eigenvalue weighted by atomic mass is 10.1. The summed E-state index contributed by atoms with van der Waals surface area (Å²) in [6, 6.07) is 6.99. The van der Waals surface area contributed by atoms with E-state index in [2.05, 4.69) is 15.3 Å². The molecule has 5 nitrogen and oxygen atoms in total. The molecule has 2 N–H and O–H groups in total. The number of aromatic nitrogens is 2. The first kappa shape index (κ1) is 15.4. The second-order valence-electron chi connectivity index (χ2n) is 4.92. The fraction of sp³-hybridized carbons (Fsp3) is 0.375. The molecule has 0 spiro atoms. The van der Waals surface area contributed by atoms with Gasteiger partial charge in [0.1, 0.15) is 5.75 Å². The second kappa shape index (κ2) is 7.15. The summed E-state index contributed by atoms with van der Waals surface area (Å²) in [6.07, 6.45) is 0. The molecule has 0 aliphatic rings. The quantitative estimate of drug-likeness (QED) is 0.797. The minimum Gasteiger partial charge on any atom is -0.508 e. The highest BCUT2D eigenvalue weighted by molar-refractivity contribution is 5.58. The van der Waals surface area contributed by atoms with Gasteiger partial charge in [-0.3, -0.25) is 0 Å². The van der Waals surface area contributed by atoms with Crippen molar-refractivity contribution in [1.82, 2.24) is 15.3 Å². The predicted octanol–water partition coefficient (Wildman–Crippen LogP) is 2.20. The van der Waals surface area contributed by atoms with Gasteiger partial charge < -0.3 is 15.2 Å². The first-order valence-corrected chi connectivity index (χ1v) is 6.95. The Morgan fingerprint density at radius 2 is 1.90 bits per heavy atom. The van der Waals surface area contributed by atoms with Gasteiger partial charge in [0.15, 0.2) is 5.82 Å². The maximum atomic E-state index is 9.56. The van der Waals surface area contributed by atoms with Crippen molar-refractivity contribution in [3.63, 3.8) is 0 Å². The third-order valence-corrected chi connectivity index (χ3v) is 3.31. The lowest BCUT2D eigenvalue weighted by Crippen LogP contribution is -2.20. The zero-order valence-corrected chi connectivity index (χ0v) is 12.7. The van der Waals surface area contributed by atoms with Gasteiger partial charge in [-0.05, 0) is 26.0 Å². The van der Waals surface area contributed by atoms with E-state index in [9.17, 15) is 5.11 Å². The molecular formula is C16H21N3O2. The molecule has 0 saturated heterocycles. The molecule has 5 heteroatoms. The SMILES string of the molecule is COCCNCc1c(C)nc(-c2cccc(O)c2)nc1C. The van der Waals surface area contributed by atoms with Crippen LogP contribution in [-0.4, -0.2) is 35.3 Å². The van der Waals surface area contributed by atoms with Crippen molar-refractivity contribution < 1.29 is 9.84 Å². The van der Waals surface area contributed by atoms with Crippen molar-refractivity contribution >= 4 is 0 Å².